The summed E-state index contributed by atoms with van der Waals surface area (Å²) < 4.78 is 5.49. The molecule has 1 saturated heterocycles. The molecular formula is C15H21Cl2NO2. The van der Waals surface area contributed by atoms with E-state index in [1.54, 1.807) is 6.07 Å². The van der Waals surface area contributed by atoms with Crippen molar-refractivity contribution in [3.8, 4) is 0 Å². The first-order chi connectivity index (χ1) is 9.63. The fourth-order valence-corrected chi connectivity index (χ4v) is 3.01. The molecule has 0 bridgehead atoms. The van der Waals surface area contributed by atoms with Crippen LogP contribution >= 0.6 is 23.2 Å². The molecule has 0 aliphatic carbocycles. The molecule has 112 valence electrons. The second-order valence-electron chi connectivity index (χ2n) is 5.12. The molecule has 2 unspecified atom stereocenters. The molecule has 1 aromatic rings. The highest BCUT2D eigenvalue weighted by molar-refractivity contribution is 6.42. The number of benzene rings is 1. The van der Waals surface area contributed by atoms with E-state index in [1.165, 1.54) is 0 Å². The number of halogens is 2. The monoisotopic (exact) mass is 317 g/mol. The van der Waals surface area contributed by atoms with Gasteiger partial charge in [0.25, 0.3) is 0 Å². The van der Waals surface area contributed by atoms with E-state index >= 15 is 0 Å². The summed E-state index contributed by atoms with van der Waals surface area (Å²) >= 11 is 12.1. The standard InChI is InChI=1S/C15H21Cl2NO2/c1-2-11-10-20-9-8-18(11)7-6-14(19)12-4-3-5-13(16)15(12)17/h3-5,11,14,19H,2,6-10H2,1H3. The van der Waals surface area contributed by atoms with Gasteiger partial charge in [-0.2, -0.15) is 0 Å². The molecule has 1 aromatic carbocycles. The van der Waals surface area contributed by atoms with Crippen molar-refractivity contribution in [1.29, 1.82) is 0 Å². The Morgan fingerprint density at radius 1 is 1.45 bits per heavy atom. The van der Waals surface area contributed by atoms with Crippen molar-refractivity contribution in [2.75, 3.05) is 26.3 Å². The normalized spacial score (nSPS) is 21.9. The van der Waals surface area contributed by atoms with Crippen LogP contribution in [0.5, 0.6) is 0 Å². The maximum atomic E-state index is 10.3. The number of hydrogen-bond acceptors (Lipinski definition) is 3. The fraction of sp³-hybridized carbons (Fsp3) is 0.600. The van der Waals surface area contributed by atoms with Crippen molar-refractivity contribution < 1.29 is 9.84 Å². The Hall–Kier alpha value is -0.320. The van der Waals surface area contributed by atoms with Gasteiger partial charge >= 0.3 is 0 Å². The molecule has 2 atom stereocenters. The number of hydrogen-bond donors (Lipinski definition) is 1. The molecule has 0 radical (unpaired) electrons. The first-order valence-corrected chi connectivity index (χ1v) is 7.82. The molecule has 0 saturated carbocycles. The molecule has 0 spiro atoms. The molecule has 0 amide bonds. The summed E-state index contributed by atoms with van der Waals surface area (Å²) in [6.07, 6.45) is 1.13. The van der Waals surface area contributed by atoms with Crippen LogP contribution in [0.15, 0.2) is 18.2 Å². The summed E-state index contributed by atoms with van der Waals surface area (Å²) in [5.74, 6) is 0. The minimum absolute atomic E-state index is 0.450. The fourth-order valence-electron chi connectivity index (χ4n) is 2.58. The molecule has 2 rings (SSSR count). The van der Waals surface area contributed by atoms with Crippen LogP contribution in [0.4, 0.5) is 0 Å². The molecule has 0 aromatic heterocycles. The van der Waals surface area contributed by atoms with Crippen molar-refractivity contribution in [3.05, 3.63) is 33.8 Å². The van der Waals surface area contributed by atoms with E-state index < -0.39 is 6.10 Å². The van der Waals surface area contributed by atoms with Crippen LogP contribution in [0.1, 0.15) is 31.4 Å². The van der Waals surface area contributed by atoms with Crippen LogP contribution in [-0.4, -0.2) is 42.4 Å². The number of nitrogens with zero attached hydrogens (tertiary/aromatic N) is 1. The van der Waals surface area contributed by atoms with Crippen LogP contribution in [0.3, 0.4) is 0 Å². The highest BCUT2D eigenvalue weighted by Gasteiger charge is 2.22. The zero-order valence-corrected chi connectivity index (χ0v) is 13.2. The van der Waals surface area contributed by atoms with Gasteiger partial charge < -0.3 is 9.84 Å². The Balaban J connectivity index is 1.94. The quantitative estimate of drug-likeness (QED) is 0.901. The Labute approximate surface area is 130 Å². The van der Waals surface area contributed by atoms with Gasteiger partial charge in [0.05, 0.1) is 29.4 Å². The predicted molar refractivity (Wildman–Crippen MR) is 82.5 cm³/mol. The smallest absolute Gasteiger partial charge is 0.0817 e. The number of morpholine rings is 1. The van der Waals surface area contributed by atoms with Crippen molar-refractivity contribution >= 4 is 23.2 Å². The second-order valence-corrected chi connectivity index (χ2v) is 5.91. The van der Waals surface area contributed by atoms with Crippen molar-refractivity contribution in [2.45, 2.75) is 31.9 Å². The van der Waals surface area contributed by atoms with E-state index in [2.05, 4.69) is 11.8 Å². The van der Waals surface area contributed by atoms with Crippen LogP contribution < -0.4 is 0 Å². The number of aliphatic hydroxyl groups is 1. The summed E-state index contributed by atoms with van der Waals surface area (Å²) in [5, 5.41) is 11.3. The highest BCUT2D eigenvalue weighted by atomic mass is 35.5. The van der Waals surface area contributed by atoms with Crippen LogP contribution in [-0.2, 0) is 4.74 Å². The first-order valence-electron chi connectivity index (χ1n) is 7.07. The Morgan fingerprint density at radius 2 is 2.25 bits per heavy atom. The lowest BCUT2D eigenvalue weighted by Gasteiger charge is -2.35. The molecule has 3 nitrogen and oxygen atoms in total. The Kier molecular flexibility index (Phi) is 6.12. The van der Waals surface area contributed by atoms with Gasteiger partial charge in [0, 0.05) is 24.7 Å². The van der Waals surface area contributed by atoms with E-state index in [0.717, 1.165) is 32.7 Å². The van der Waals surface area contributed by atoms with Gasteiger partial charge in [-0.05, 0) is 18.9 Å². The molecule has 1 N–H and O–H groups in total. The van der Waals surface area contributed by atoms with Gasteiger partial charge in [-0.25, -0.2) is 0 Å². The molecule has 5 heteroatoms. The summed E-state index contributed by atoms with van der Waals surface area (Å²) in [4.78, 5) is 2.38. The van der Waals surface area contributed by atoms with Crippen molar-refractivity contribution in [3.63, 3.8) is 0 Å². The maximum Gasteiger partial charge on any atom is 0.0817 e. The summed E-state index contributed by atoms with van der Waals surface area (Å²) in [7, 11) is 0. The third-order valence-corrected chi connectivity index (χ3v) is 4.68. The lowest BCUT2D eigenvalue weighted by atomic mass is 10.1. The van der Waals surface area contributed by atoms with Gasteiger partial charge in [0.1, 0.15) is 0 Å². The average Bonchev–Trinajstić information content (AvgIpc) is 2.48. The minimum Gasteiger partial charge on any atom is -0.388 e. The van der Waals surface area contributed by atoms with E-state index in [0.29, 0.717) is 28.1 Å². The lowest BCUT2D eigenvalue weighted by molar-refractivity contribution is -0.0143. The lowest BCUT2D eigenvalue weighted by Crippen LogP contribution is -2.45. The van der Waals surface area contributed by atoms with Crippen LogP contribution in [0, 0.1) is 0 Å². The average molecular weight is 318 g/mol. The van der Waals surface area contributed by atoms with Gasteiger partial charge in [-0.15, -0.1) is 0 Å². The third kappa shape index (κ3) is 3.86. The number of aliphatic hydroxyl groups excluding tert-OH is 1. The summed E-state index contributed by atoms with van der Waals surface area (Å²) in [6.45, 7) is 5.48. The third-order valence-electron chi connectivity index (χ3n) is 3.85. The van der Waals surface area contributed by atoms with E-state index in [9.17, 15) is 5.11 Å². The Morgan fingerprint density at radius 3 is 3.00 bits per heavy atom. The molecule has 1 fully saturated rings. The maximum absolute atomic E-state index is 10.3. The highest BCUT2D eigenvalue weighted by Crippen LogP contribution is 2.31. The van der Waals surface area contributed by atoms with E-state index in [4.69, 9.17) is 27.9 Å². The Bertz CT molecular complexity index is 442. The van der Waals surface area contributed by atoms with Gasteiger partial charge in [0.2, 0.25) is 0 Å². The molecule has 1 aliphatic rings. The van der Waals surface area contributed by atoms with Crippen LogP contribution in [0.25, 0.3) is 0 Å². The summed E-state index contributed by atoms with van der Waals surface area (Å²) in [6, 6.07) is 5.83. The molecular weight excluding hydrogens is 297 g/mol. The minimum atomic E-state index is -0.582. The molecule has 1 heterocycles. The van der Waals surface area contributed by atoms with Gasteiger partial charge in [0.15, 0.2) is 0 Å². The predicted octanol–water partition coefficient (Wildman–Crippen LogP) is 3.53. The number of ether oxygens (including phenoxy) is 1. The van der Waals surface area contributed by atoms with Gasteiger partial charge in [-0.3, -0.25) is 4.90 Å². The number of rotatable bonds is 5. The SMILES string of the molecule is CCC1COCCN1CCC(O)c1cccc(Cl)c1Cl. The zero-order chi connectivity index (χ0) is 14.5. The van der Waals surface area contributed by atoms with E-state index in [-0.39, 0.29) is 0 Å². The first kappa shape index (κ1) is 16.1. The zero-order valence-electron chi connectivity index (χ0n) is 11.7. The van der Waals surface area contributed by atoms with Crippen molar-refractivity contribution in [1.82, 2.24) is 4.90 Å². The van der Waals surface area contributed by atoms with Gasteiger partial charge in [-0.1, -0.05) is 42.3 Å². The molecule has 1 aliphatic heterocycles. The summed E-state index contributed by atoms with van der Waals surface area (Å²) in [5.41, 5.74) is 0.709. The van der Waals surface area contributed by atoms with Crippen molar-refractivity contribution in [2.24, 2.45) is 0 Å². The topological polar surface area (TPSA) is 32.7 Å². The van der Waals surface area contributed by atoms with E-state index in [1.807, 2.05) is 12.1 Å². The largest absolute Gasteiger partial charge is 0.388 e. The van der Waals surface area contributed by atoms with Crippen LogP contribution in [0.2, 0.25) is 10.0 Å². The molecule has 20 heavy (non-hydrogen) atoms. The second kappa shape index (κ2) is 7.62.